The van der Waals surface area contributed by atoms with Crippen LogP contribution in [0.25, 0.3) is 0 Å². The topological polar surface area (TPSA) is 38.5 Å². The molecule has 0 saturated carbocycles. The normalized spacial score (nSPS) is 26.2. The van der Waals surface area contributed by atoms with Crippen LogP contribution < -0.4 is 10.6 Å². The van der Waals surface area contributed by atoms with Gasteiger partial charge < -0.3 is 15.4 Å². The molecule has 0 amide bonds. The molecule has 1 fully saturated rings. The van der Waals surface area contributed by atoms with Gasteiger partial charge >= 0.3 is 0 Å². The van der Waals surface area contributed by atoms with E-state index in [1.54, 1.807) is 0 Å². The van der Waals surface area contributed by atoms with Crippen LogP contribution in [0.1, 0.15) is 32.4 Å². The first-order valence-corrected chi connectivity index (χ1v) is 7.22. The summed E-state index contributed by atoms with van der Waals surface area (Å²) in [7, 11) is 0. The minimum atomic E-state index is 0.0431. The van der Waals surface area contributed by atoms with Gasteiger partial charge in [0, 0.05) is 29.3 Å². The number of benzene rings is 1. The fourth-order valence-electron chi connectivity index (χ4n) is 2.55. The van der Waals surface area contributed by atoms with Crippen LogP contribution >= 0.6 is 15.9 Å². The van der Waals surface area contributed by atoms with Crippen molar-refractivity contribution in [1.82, 2.24) is 0 Å². The molecule has 1 heterocycles. The molecule has 3 unspecified atom stereocenters. The first-order valence-electron chi connectivity index (χ1n) is 6.43. The molecule has 3 atom stereocenters. The number of nitrogens with zero attached hydrogens (tertiary/aromatic N) is 1. The third kappa shape index (κ3) is 3.05. The van der Waals surface area contributed by atoms with Crippen LogP contribution in [0.4, 0.5) is 5.69 Å². The summed E-state index contributed by atoms with van der Waals surface area (Å²) in [4.78, 5) is 2.38. The number of morpholine rings is 1. The quantitative estimate of drug-likeness (QED) is 0.912. The summed E-state index contributed by atoms with van der Waals surface area (Å²) >= 11 is 3.54. The van der Waals surface area contributed by atoms with Crippen LogP contribution in [0.15, 0.2) is 22.7 Å². The van der Waals surface area contributed by atoms with E-state index in [1.807, 2.05) is 6.92 Å². The molecule has 100 valence electrons. The molecule has 0 bridgehead atoms. The number of hydrogen-bond acceptors (Lipinski definition) is 3. The fraction of sp³-hybridized carbons (Fsp3) is 0.571. The molecule has 0 spiro atoms. The van der Waals surface area contributed by atoms with Gasteiger partial charge in [-0.05, 0) is 38.5 Å². The van der Waals surface area contributed by atoms with E-state index in [4.69, 9.17) is 10.5 Å². The van der Waals surface area contributed by atoms with Gasteiger partial charge in [-0.3, -0.25) is 0 Å². The summed E-state index contributed by atoms with van der Waals surface area (Å²) < 4.78 is 6.88. The van der Waals surface area contributed by atoms with Crippen LogP contribution in [0, 0.1) is 0 Å². The Hall–Kier alpha value is -0.580. The molecule has 1 saturated heterocycles. The van der Waals surface area contributed by atoms with Crippen molar-refractivity contribution in [2.75, 3.05) is 18.0 Å². The van der Waals surface area contributed by atoms with Crippen LogP contribution in [0.5, 0.6) is 0 Å². The van der Waals surface area contributed by atoms with Gasteiger partial charge in [0.15, 0.2) is 0 Å². The summed E-state index contributed by atoms with van der Waals surface area (Å²) in [5.74, 6) is 0. The van der Waals surface area contributed by atoms with Gasteiger partial charge in [-0.1, -0.05) is 22.0 Å². The van der Waals surface area contributed by atoms with Gasteiger partial charge in [0.1, 0.15) is 0 Å². The third-order valence-electron chi connectivity index (χ3n) is 3.24. The second-order valence-corrected chi connectivity index (χ2v) is 6.07. The summed E-state index contributed by atoms with van der Waals surface area (Å²) in [6.45, 7) is 8.10. The second-order valence-electron chi connectivity index (χ2n) is 5.15. The smallest absolute Gasteiger partial charge is 0.0726 e. The van der Waals surface area contributed by atoms with Crippen LogP contribution in [-0.4, -0.2) is 25.3 Å². The zero-order valence-corrected chi connectivity index (χ0v) is 12.8. The fourth-order valence-corrected chi connectivity index (χ4v) is 2.90. The van der Waals surface area contributed by atoms with E-state index >= 15 is 0 Å². The Bertz CT molecular complexity index is 412. The van der Waals surface area contributed by atoms with E-state index < -0.39 is 0 Å². The molecule has 0 radical (unpaired) electrons. The lowest BCUT2D eigenvalue weighted by Crippen LogP contribution is -2.46. The number of rotatable bonds is 2. The zero-order valence-electron chi connectivity index (χ0n) is 11.2. The monoisotopic (exact) mass is 312 g/mol. The minimum Gasteiger partial charge on any atom is -0.372 e. The predicted molar refractivity (Wildman–Crippen MR) is 79.0 cm³/mol. The van der Waals surface area contributed by atoms with Gasteiger partial charge in [0.05, 0.1) is 12.2 Å². The second kappa shape index (κ2) is 5.59. The standard InChI is InChI=1S/C14H21BrN2O/c1-9-7-17(8-10(2)18-9)14-6-12(15)4-5-13(14)11(3)16/h4-6,9-11H,7-8,16H2,1-3H3. The number of halogens is 1. The number of nitrogens with two attached hydrogens (primary N) is 1. The molecule has 2 N–H and O–H groups in total. The first-order chi connectivity index (χ1) is 8.47. The van der Waals surface area contributed by atoms with Crippen molar-refractivity contribution >= 4 is 21.6 Å². The Morgan fingerprint density at radius 2 is 1.94 bits per heavy atom. The highest BCUT2D eigenvalue weighted by atomic mass is 79.9. The van der Waals surface area contributed by atoms with E-state index in [9.17, 15) is 0 Å². The lowest BCUT2D eigenvalue weighted by Gasteiger charge is -2.38. The maximum Gasteiger partial charge on any atom is 0.0726 e. The van der Waals surface area contributed by atoms with Crippen molar-refractivity contribution in [2.45, 2.75) is 39.0 Å². The van der Waals surface area contributed by atoms with Crippen molar-refractivity contribution in [3.63, 3.8) is 0 Å². The summed E-state index contributed by atoms with van der Waals surface area (Å²) in [6.07, 6.45) is 0.516. The number of hydrogen-bond donors (Lipinski definition) is 1. The molecule has 1 aliphatic heterocycles. The van der Waals surface area contributed by atoms with Crippen molar-refractivity contribution < 1.29 is 4.74 Å². The third-order valence-corrected chi connectivity index (χ3v) is 3.74. The maximum absolute atomic E-state index is 6.07. The maximum atomic E-state index is 6.07. The van der Waals surface area contributed by atoms with E-state index in [2.05, 4.69) is 52.9 Å². The molecule has 3 nitrogen and oxygen atoms in total. The zero-order chi connectivity index (χ0) is 13.3. The van der Waals surface area contributed by atoms with Crippen LogP contribution in [-0.2, 0) is 4.74 Å². The molecule has 1 aromatic carbocycles. The first kappa shape index (κ1) is 13.8. The summed E-state index contributed by atoms with van der Waals surface area (Å²) in [5, 5.41) is 0. The van der Waals surface area contributed by atoms with Gasteiger partial charge in [0.25, 0.3) is 0 Å². The lowest BCUT2D eigenvalue weighted by atomic mass is 10.0. The molecule has 1 aromatic rings. The van der Waals surface area contributed by atoms with E-state index in [1.165, 1.54) is 11.3 Å². The average molecular weight is 313 g/mol. The lowest BCUT2D eigenvalue weighted by molar-refractivity contribution is -0.00527. The average Bonchev–Trinajstić information content (AvgIpc) is 2.27. The molecule has 2 rings (SSSR count). The molecule has 0 aromatic heterocycles. The SMILES string of the molecule is CC1CN(c2cc(Br)ccc2C(C)N)CC(C)O1. The van der Waals surface area contributed by atoms with Gasteiger partial charge in [-0.15, -0.1) is 0 Å². The van der Waals surface area contributed by atoms with Crippen molar-refractivity contribution in [2.24, 2.45) is 5.73 Å². The molecule has 4 heteroatoms. The molecule has 1 aliphatic rings. The van der Waals surface area contributed by atoms with Crippen LogP contribution in [0.3, 0.4) is 0 Å². The van der Waals surface area contributed by atoms with E-state index in [-0.39, 0.29) is 18.2 Å². The number of ether oxygens (including phenoxy) is 1. The summed E-state index contributed by atoms with van der Waals surface area (Å²) in [5.41, 5.74) is 8.48. The Morgan fingerprint density at radius 1 is 1.33 bits per heavy atom. The number of anilines is 1. The molecular weight excluding hydrogens is 292 g/mol. The summed E-state index contributed by atoms with van der Waals surface area (Å²) in [6, 6.07) is 6.36. The molecular formula is C14H21BrN2O. The van der Waals surface area contributed by atoms with Gasteiger partial charge in [-0.25, -0.2) is 0 Å². The Labute approximate surface area is 117 Å². The van der Waals surface area contributed by atoms with Crippen LogP contribution in [0.2, 0.25) is 0 Å². The van der Waals surface area contributed by atoms with Crippen molar-refractivity contribution in [3.05, 3.63) is 28.2 Å². The van der Waals surface area contributed by atoms with Crippen molar-refractivity contribution in [1.29, 1.82) is 0 Å². The van der Waals surface area contributed by atoms with Gasteiger partial charge in [0.2, 0.25) is 0 Å². The Kier molecular flexibility index (Phi) is 4.30. The highest BCUT2D eigenvalue weighted by Crippen LogP contribution is 2.30. The Balaban J connectivity index is 2.33. The highest BCUT2D eigenvalue weighted by Gasteiger charge is 2.24. The molecule has 0 aliphatic carbocycles. The van der Waals surface area contributed by atoms with E-state index in [0.717, 1.165) is 17.6 Å². The van der Waals surface area contributed by atoms with E-state index in [0.29, 0.717) is 0 Å². The highest BCUT2D eigenvalue weighted by molar-refractivity contribution is 9.10. The van der Waals surface area contributed by atoms with Crippen molar-refractivity contribution in [3.8, 4) is 0 Å². The Morgan fingerprint density at radius 3 is 2.50 bits per heavy atom. The largest absolute Gasteiger partial charge is 0.372 e. The minimum absolute atomic E-state index is 0.0431. The molecule has 18 heavy (non-hydrogen) atoms. The van der Waals surface area contributed by atoms with Gasteiger partial charge in [-0.2, -0.15) is 0 Å². The predicted octanol–water partition coefficient (Wildman–Crippen LogP) is 3.08.